The molecule has 4 aliphatic carbocycles. The predicted octanol–water partition coefficient (Wildman–Crippen LogP) is 5.00. The molecule has 0 amide bonds. The van der Waals surface area contributed by atoms with Gasteiger partial charge in [0, 0.05) is 12.3 Å². The van der Waals surface area contributed by atoms with E-state index in [-0.39, 0.29) is 35.2 Å². The fourth-order valence-corrected chi connectivity index (χ4v) is 8.27. The first-order valence-corrected chi connectivity index (χ1v) is 11.8. The zero-order chi connectivity index (χ0) is 21.0. The van der Waals surface area contributed by atoms with Crippen molar-refractivity contribution in [2.75, 3.05) is 0 Å². The van der Waals surface area contributed by atoms with Crippen LogP contribution in [0.3, 0.4) is 0 Å². The molecule has 4 nitrogen and oxygen atoms in total. The molecule has 0 saturated heterocycles. The van der Waals surface area contributed by atoms with Crippen molar-refractivity contribution in [3.8, 4) is 0 Å². The van der Waals surface area contributed by atoms with Gasteiger partial charge in [-0.25, -0.2) is 0 Å². The van der Waals surface area contributed by atoms with Crippen LogP contribution < -0.4 is 0 Å². The lowest BCUT2D eigenvalue weighted by Crippen LogP contribution is -2.58. The molecule has 4 heteroatoms. The number of hydrogen-bond donors (Lipinski definition) is 2. The van der Waals surface area contributed by atoms with Gasteiger partial charge in [-0.15, -0.1) is 0 Å². The molecule has 0 unspecified atom stereocenters. The second-order valence-corrected chi connectivity index (χ2v) is 10.9. The zero-order valence-corrected chi connectivity index (χ0v) is 18.3. The molecule has 2 N–H and O–H groups in total. The first-order valence-electron chi connectivity index (χ1n) is 11.8. The maximum absolute atomic E-state index is 13.8. The standard InChI is InChI=1S/C25H38O4/c1-4-17-20-14-16(26)10-12-25(20,3)19-11-13-24(2)15(6-5-7-21(27)28)8-9-18(24)22(19)23(17)29/h4,15-16,18-20,22,26H,5-14H2,1-3H3,(H,27,28)/b17-4+/t15-,16+,18-,19-,20-,22-,24+,25+/m0/s1. The fourth-order valence-electron chi connectivity index (χ4n) is 8.27. The topological polar surface area (TPSA) is 74.6 Å². The molecule has 0 spiro atoms. The molecule has 0 heterocycles. The minimum absolute atomic E-state index is 0.126. The van der Waals surface area contributed by atoms with Gasteiger partial charge >= 0.3 is 5.97 Å². The number of carbonyl (C=O) groups excluding carboxylic acids is 1. The molecule has 0 aromatic rings. The number of carbonyl (C=O) groups is 2. The van der Waals surface area contributed by atoms with E-state index in [9.17, 15) is 14.7 Å². The average Bonchev–Trinajstić information content (AvgIpc) is 3.00. The van der Waals surface area contributed by atoms with Crippen LogP contribution in [0.5, 0.6) is 0 Å². The number of fused-ring (bicyclic) bond motifs is 5. The number of ketones is 1. The van der Waals surface area contributed by atoms with Crippen LogP contribution in [-0.4, -0.2) is 28.1 Å². The van der Waals surface area contributed by atoms with Gasteiger partial charge in [-0.3, -0.25) is 9.59 Å². The van der Waals surface area contributed by atoms with Gasteiger partial charge < -0.3 is 10.2 Å². The van der Waals surface area contributed by atoms with Crippen molar-refractivity contribution in [2.24, 2.45) is 40.4 Å². The van der Waals surface area contributed by atoms with Gasteiger partial charge in [-0.2, -0.15) is 0 Å². The van der Waals surface area contributed by atoms with E-state index >= 15 is 0 Å². The SMILES string of the molecule is C/C=C1/C(=O)[C@@H]2[C@H](CC[C@]3(C)[C@@H](CCCC(=O)O)CC[C@@H]23)[C@@]2(C)CC[C@@H](O)C[C@@H]12. The Morgan fingerprint density at radius 2 is 1.79 bits per heavy atom. The minimum Gasteiger partial charge on any atom is -0.481 e. The molecular formula is C25H38O4. The summed E-state index contributed by atoms with van der Waals surface area (Å²) < 4.78 is 0. The molecule has 8 atom stereocenters. The van der Waals surface area contributed by atoms with Crippen molar-refractivity contribution in [3.63, 3.8) is 0 Å². The summed E-state index contributed by atoms with van der Waals surface area (Å²) in [6.07, 6.45) is 10.9. The third-order valence-corrected chi connectivity index (χ3v) is 9.85. The Morgan fingerprint density at radius 3 is 2.48 bits per heavy atom. The highest BCUT2D eigenvalue weighted by Gasteiger charge is 2.63. The highest BCUT2D eigenvalue weighted by atomic mass is 16.4. The highest BCUT2D eigenvalue weighted by molar-refractivity contribution is 5.99. The van der Waals surface area contributed by atoms with Crippen LogP contribution in [0.2, 0.25) is 0 Å². The summed E-state index contributed by atoms with van der Waals surface area (Å²) in [6.45, 7) is 6.80. The summed E-state index contributed by atoms with van der Waals surface area (Å²) in [4.78, 5) is 24.7. The molecule has 0 aromatic carbocycles. The summed E-state index contributed by atoms with van der Waals surface area (Å²) in [5.74, 6) is 1.43. The maximum atomic E-state index is 13.8. The summed E-state index contributed by atoms with van der Waals surface area (Å²) in [7, 11) is 0. The molecule has 29 heavy (non-hydrogen) atoms. The van der Waals surface area contributed by atoms with Crippen LogP contribution in [-0.2, 0) is 9.59 Å². The van der Waals surface area contributed by atoms with Crippen LogP contribution in [0.1, 0.15) is 85.0 Å². The normalized spacial score (nSPS) is 48.1. The number of aliphatic hydroxyl groups is 1. The average molecular weight is 403 g/mol. The predicted molar refractivity (Wildman–Crippen MR) is 112 cm³/mol. The second kappa shape index (κ2) is 7.51. The molecule has 162 valence electrons. The van der Waals surface area contributed by atoms with Crippen molar-refractivity contribution in [3.05, 3.63) is 11.6 Å². The van der Waals surface area contributed by atoms with Crippen LogP contribution in [0, 0.1) is 40.4 Å². The van der Waals surface area contributed by atoms with Crippen molar-refractivity contribution >= 4 is 11.8 Å². The largest absolute Gasteiger partial charge is 0.481 e. The van der Waals surface area contributed by atoms with Gasteiger partial charge in [0.15, 0.2) is 5.78 Å². The molecular weight excluding hydrogens is 364 g/mol. The first-order chi connectivity index (χ1) is 13.7. The monoisotopic (exact) mass is 402 g/mol. The van der Waals surface area contributed by atoms with E-state index in [4.69, 9.17) is 5.11 Å². The Morgan fingerprint density at radius 1 is 1.10 bits per heavy atom. The Balaban J connectivity index is 1.62. The number of rotatable bonds is 4. The van der Waals surface area contributed by atoms with E-state index in [1.54, 1.807) is 0 Å². The summed E-state index contributed by atoms with van der Waals surface area (Å²) in [5.41, 5.74) is 1.29. The summed E-state index contributed by atoms with van der Waals surface area (Å²) in [6, 6.07) is 0. The number of aliphatic hydroxyl groups excluding tert-OH is 1. The van der Waals surface area contributed by atoms with Gasteiger partial charge in [0.05, 0.1) is 6.10 Å². The number of carboxylic acids is 1. The summed E-state index contributed by atoms with van der Waals surface area (Å²) >= 11 is 0. The van der Waals surface area contributed by atoms with Crippen LogP contribution >= 0.6 is 0 Å². The smallest absolute Gasteiger partial charge is 0.303 e. The number of Topliss-reactive ketones (excluding diaryl/α,β-unsaturated/α-hetero) is 1. The van der Waals surface area contributed by atoms with E-state index in [2.05, 4.69) is 13.8 Å². The molecule has 4 saturated carbocycles. The molecule has 0 aliphatic heterocycles. The third kappa shape index (κ3) is 3.21. The quantitative estimate of drug-likeness (QED) is 0.649. The van der Waals surface area contributed by atoms with Crippen LogP contribution in [0.25, 0.3) is 0 Å². The van der Waals surface area contributed by atoms with Crippen molar-refractivity contribution in [1.29, 1.82) is 0 Å². The van der Waals surface area contributed by atoms with Gasteiger partial charge in [-0.05, 0) is 105 Å². The van der Waals surface area contributed by atoms with E-state index in [1.807, 2.05) is 13.0 Å². The molecule has 0 bridgehead atoms. The van der Waals surface area contributed by atoms with Gasteiger partial charge in [0.1, 0.15) is 0 Å². The summed E-state index contributed by atoms with van der Waals surface area (Å²) in [5, 5.41) is 19.3. The number of allylic oxidation sites excluding steroid dienone is 2. The number of carboxylic acid groups (broad SMARTS) is 1. The Kier molecular flexibility index (Phi) is 5.46. The lowest BCUT2D eigenvalue weighted by Gasteiger charge is -2.60. The van der Waals surface area contributed by atoms with Crippen LogP contribution in [0.15, 0.2) is 11.6 Å². The van der Waals surface area contributed by atoms with Gasteiger partial charge in [0.2, 0.25) is 0 Å². The molecule has 0 radical (unpaired) electrons. The fraction of sp³-hybridized carbons (Fsp3) is 0.840. The lowest BCUT2D eigenvalue weighted by atomic mass is 9.43. The Bertz CT molecular complexity index is 712. The van der Waals surface area contributed by atoms with Crippen molar-refractivity contribution in [2.45, 2.75) is 91.1 Å². The highest BCUT2D eigenvalue weighted by Crippen LogP contribution is 2.67. The Labute approximate surface area is 175 Å². The van der Waals surface area contributed by atoms with Gasteiger partial charge in [0.25, 0.3) is 0 Å². The van der Waals surface area contributed by atoms with E-state index in [0.717, 1.165) is 56.9 Å². The van der Waals surface area contributed by atoms with E-state index in [0.29, 0.717) is 23.5 Å². The van der Waals surface area contributed by atoms with Gasteiger partial charge in [-0.1, -0.05) is 19.9 Å². The van der Waals surface area contributed by atoms with Crippen molar-refractivity contribution < 1.29 is 19.8 Å². The molecule has 4 aliphatic rings. The Hall–Kier alpha value is -1.16. The molecule has 4 rings (SSSR count). The molecule has 4 fully saturated rings. The maximum Gasteiger partial charge on any atom is 0.303 e. The van der Waals surface area contributed by atoms with Crippen LogP contribution in [0.4, 0.5) is 0 Å². The second-order valence-electron chi connectivity index (χ2n) is 10.9. The lowest BCUT2D eigenvalue weighted by molar-refractivity contribution is -0.149. The number of hydrogen-bond acceptors (Lipinski definition) is 3. The third-order valence-electron chi connectivity index (χ3n) is 9.85. The zero-order valence-electron chi connectivity index (χ0n) is 18.3. The van der Waals surface area contributed by atoms with Crippen molar-refractivity contribution in [1.82, 2.24) is 0 Å². The van der Waals surface area contributed by atoms with E-state index < -0.39 is 5.97 Å². The first kappa shape index (κ1) is 21.1. The minimum atomic E-state index is -0.702. The molecule has 0 aromatic heterocycles. The number of aliphatic carboxylic acids is 1. The van der Waals surface area contributed by atoms with E-state index in [1.165, 1.54) is 6.42 Å².